The Morgan fingerprint density at radius 3 is 2.69 bits per heavy atom. The molecule has 168 valence electrons. The first-order valence-corrected chi connectivity index (χ1v) is 10.6. The van der Waals surface area contributed by atoms with Gasteiger partial charge in [0, 0.05) is 22.3 Å². The molecule has 2 aromatic carbocycles. The topological polar surface area (TPSA) is 94.7 Å². The summed E-state index contributed by atoms with van der Waals surface area (Å²) in [6.07, 6.45) is 2.01. The first kappa shape index (κ1) is 23.3. The third-order valence-corrected chi connectivity index (χ3v) is 5.01. The number of aromatic nitrogens is 2. The first-order valence-electron chi connectivity index (χ1n) is 10.3. The lowest BCUT2D eigenvalue weighted by molar-refractivity contribution is -0.132. The Kier molecular flexibility index (Phi) is 7.53. The summed E-state index contributed by atoms with van der Waals surface area (Å²) in [5, 5.41) is 13.7. The molecular formula is C24H25ClN2O5. The van der Waals surface area contributed by atoms with Crippen LogP contribution in [0.3, 0.4) is 0 Å². The summed E-state index contributed by atoms with van der Waals surface area (Å²) in [4.78, 5) is 15.6. The summed E-state index contributed by atoms with van der Waals surface area (Å²) in [5.74, 6) is 1.01. The van der Waals surface area contributed by atoms with Crippen LogP contribution in [0.2, 0.25) is 5.02 Å². The predicted octanol–water partition coefficient (Wildman–Crippen LogP) is 5.95. The van der Waals surface area contributed by atoms with E-state index in [0.29, 0.717) is 45.8 Å². The highest BCUT2D eigenvalue weighted by atomic mass is 35.5. The fourth-order valence-corrected chi connectivity index (χ4v) is 3.28. The van der Waals surface area contributed by atoms with Crippen LogP contribution in [0.15, 0.2) is 52.6 Å². The van der Waals surface area contributed by atoms with Crippen LogP contribution < -0.4 is 9.47 Å². The Morgan fingerprint density at radius 2 is 2.03 bits per heavy atom. The molecule has 0 fully saturated rings. The van der Waals surface area contributed by atoms with Gasteiger partial charge in [-0.3, -0.25) is 0 Å². The fraction of sp³-hybridized carbons (Fsp3) is 0.292. The third-order valence-electron chi connectivity index (χ3n) is 4.72. The zero-order valence-electron chi connectivity index (χ0n) is 18.4. The van der Waals surface area contributed by atoms with Crippen molar-refractivity contribution in [3.05, 3.63) is 58.6 Å². The lowest BCUT2D eigenvalue weighted by atomic mass is 10.1. The van der Waals surface area contributed by atoms with Crippen molar-refractivity contribution >= 4 is 17.6 Å². The largest absolute Gasteiger partial charge is 0.489 e. The Balaban J connectivity index is 1.81. The summed E-state index contributed by atoms with van der Waals surface area (Å²) < 4.78 is 16.9. The number of nitrogens with zero attached hydrogens (tertiary/aromatic N) is 2. The van der Waals surface area contributed by atoms with E-state index in [1.165, 1.54) is 0 Å². The molecule has 3 aromatic rings. The number of carboxylic acids is 1. The van der Waals surface area contributed by atoms with E-state index in [4.69, 9.17) is 30.7 Å². The average Bonchev–Trinajstić information content (AvgIpc) is 3.23. The SMILES string of the molecule is CC/C(=C\COc1cccc(-c2nc(-c3ccc(OC(C)C)c(Cl)c3)no2)c1C)C(=O)O. The molecule has 1 heterocycles. The molecule has 0 atom stereocenters. The average molecular weight is 457 g/mol. The number of ether oxygens (including phenoxy) is 2. The summed E-state index contributed by atoms with van der Waals surface area (Å²) in [6, 6.07) is 10.8. The molecule has 0 saturated carbocycles. The molecule has 0 spiro atoms. The van der Waals surface area contributed by atoms with Crippen molar-refractivity contribution < 1.29 is 23.9 Å². The number of hydrogen-bond donors (Lipinski definition) is 1. The molecule has 0 bridgehead atoms. The zero-order valence-corrected chi connectivity index (χ0v) is 19.1. The summed E-state index contributed by atoms with van der Waals surface area (Å²) in [6.45, 7) is 7.68. The number of benzene rings is 2. The Hall–Kier alpha value is -3.32. The van der Waals surface area contributed by atoms with Crippen molar-refractivity contribution in [2.75, 3.05) is 6.61 Å². The van der Waals surface area contributed by atoms with Gasteiger partial charge in [0.2, 0.25) is 5.82 Å². The molecule has 7 nitrogen and oxygen atoms in total. The van der Waals surface area contributed by atoms with Gasteiger partial charge in [0.15, 0.2) is 0 Å². The number of rotatable bonds is 9. The van der Waals surface area contributed by atoms with Crippen LogP contribution in [0.4, 0.5) is 0 Å². The van der Waals surface area contributed by atoms with Crippen molar-refractivity contribution in [3.8, 4) is 34.3 Å². The lowest BCUT2D eigenvalue weighted by Gasteiger charge is -2.11. The number of hydrogen-bond acceptors (Lipinski definition) is 6. The lowest BCUT2D eigenvalue weighted by Crippen LogP contribution is -2.05. The molecule has 1 N–H and O–H groups in total. The quantitative estimate of drug-likeness (QED) is 0.397. The molecule has 0 aliphatic heterocycles. The van der Waals surface area contributed by atoms with Crippen LogP contribution in [-0.2, 0) is 4.79 Å². The zero-order chi connectivity index (χ0) is 23.3. The van der Waals surface area contributed by atoms with Gasteiger partial charge in [-0.05, 0) is 63.6 Å². The second-order valence-electron chi connectivity index (χ2n) is 7.36. The van der Waals surface area contributed by atoms with Crippen LogP contribution in [-0.4, -0.2) is 33.9 Å². The van der Waals surface area contributed by atoms with E-state index in [0.717, 1.165) is 11.1 Å². The van der Waals surface area contributed by atoms with E-state index in [-0.39, 0.29) is 12.7 Å². The van der Waals surface area contributed by atoms with Crippen molar-refractivity contribution in [1.82, 2.24) is 10.1 Å². The van der Waals surface area contributed by atoms with Gasteiger partial charge in [-0.2, -0.15) is 4.98 Å². The van der Waals surface area contributed by atoms with Gasteiger partial charge in [-0.15, -0.1) is 0 Å². The van der Waals surface area contributed by atoms with E-state index < -0.39 is 5.97 Å². The smallest absolute Gasteiger partial charge is 0.331 e. The minimum atomic E-state index is -0.941. The van der Waals surface area contributed by atoms with Crippen LogP contribution in [0, 0.1) is 6.92 Å². The monoisotopic (exact) mass is 456 g/mol. The molecule has 1 aromatic heterocycles. The molecule has 0 aliphatic rings. The van der Waals surface area contributed by atoms with Crippen LogP contribution in [0.1, 0.15) is 32.8 Å². The number of halogens is 1. The maximum atomic E-state index is 11.1. The number of carbonyl (C=O) groups is 1. The van der Waals surface area contributed by atoms with Crippen molar-refractivity contribution in [2.24, 2.45) is 0 Å². The predicted molar refractivity (Wildman–Crippen MR) is 122 cm³/mol. The minimum Gasteiger partial charge on any atom is -0.489 e. The third kappa shape index (κ3) is 5.48. The summed E-state index contributed by atoms with van der Waals surface area (Å²) in [7, 11) is 0. The highest BCUT2D eigenvalue weighted by Crippen LogP contribution is 2.33. The molecule has 32 heavy (non-hydrogen) atoms. The number of aliphatic carboxylic acids is 1. The molecule has 0 amide bonds. The molecule has 0 unspecified atom stereocenters. The van der Waals surface area contributed by atoms with E-state index in [9.17, 15) is 4.79 Å². The molecule has 0 radical (unpaired) electrons. The van der Waals surface area contributed by atoms with E-state index in [1.807, 2.05) is 45.0 Å². The Labute approximate surface area is 191 Å². The normalized spacial score (nSPS) is 11.6. The molecular weight excluding hydrogens is 432 g/mol. The van der Waals surface area contributed by atoms with Gasteiger partial charge in [-0.25, -0.2) is 4.79 Å². The van der Waals surface area contributed by atoms with Crippen molar-refractivity contribution in [1.29, 1.82) is 0 Å². The fourth-order valence-electron chi connectivity index (χ4n) is 3.06. The second-order valence-corrected chi connectivity index (χ2v) is 7.77. The number of carboxylic acid groups (broad SMARTS) is 1. The molecule has 8 heteroatoms. The molecule has 0 aliphatic carbocycles. The summed E-state index contributed by atoms with van der Waals surface area (Å²) >= 11 is 6.32. The maximum Gasteiger partial charge on any atom is 0.331 e. The van der Waals surface area contributed by atoms with Crippen LogP contribution >= 0.6 is 11.6 Å². The van der Waals surface area contributed by atoms with E-state index in [1.54, 1.807) is 25.1 Å². The van der Waals surface area contributed by atoms with Gasteiger partial charge in [0.1, 0.15) is 18.1 Å². The second kappa shape index (κ2) is 10.3. The van der Waals surface area contributed by atoms with Crippen molar-refractivity contribution in [2.45, 2.75) is 40.2 Å². The Bertz CT molecular complexity index is 1140. The first-order chi connectivity index (χ1) is 15.3. The van der Waals surface area contributed by atoms with E-state index >= 15 is 0 Å². The van der Waals surface area contributed by atoms with Crippen molar-refractivity contribution in [3.63, 3.8) is 0 Å². The van der Waals surface area contributed by atoms with Gasteiger partial charge in [0.25, 0.3) is 5.89 Å². The van der Waals surface area contributed by atoms with Crippen LogP contribution in [0.5, 0.6) is 11.5 Å². The van der Waals surface area contributed by atoms with Gasteiger partial charge >= 0.3 is 5.97 Å². The van der Waals surface area contributed by atoms with Gasteiger partial charge in [0.05, 0.1) is 11.1 Å². The highest BCUT2D eigenvalue weighted by molar-refractivity contribution is 6.32. The van der Waals surface area contributed by atoms with Gasteiger partial charge < -0.3 is 19.1 Å². The Morgan fingerprint density at radius 1 is 1.25 bits per heavy atom. The molecule has 0 saturated heterocycles. The molecule has 3 rings (SSSR count). The highest BCUT2D eigenvalue weighted by Gasteiger charge is 2.16. The minimum absolute atomic E-state index is 0.0146. The summed E-state index contributed by atoms with van der Waals surface area (Å²) in [5.41, 5.74) is 2.55. The maximum absolute atomic E-state index is 11.1. The van der Waals surface area contributed by atoms with Gasteiger partial charge in [-0.1, -0.05) is 29.7 Å². The standard InChI is InChI=1S/C24H25ClN2O5/c1-5-16(24(28)29)11-12-30-20-8-6-7-18(15(20)4)23-26-22(27-32-23)17-9-10-21(19(25)13-17)31-14(2)3/h6-11,13-14H,5,12H2,1-4H3,(H,28,29)/b16-11+. The van der Waals surface area contributed by atoms with E-state index in [2.05, 4.69) is 10.1 Å². The van der Waals surface area contributed by atoms with Crippen LogP contribution in [0.25, 0.3) is 22.8 Å².